The Morgan fingerprint density at radius 3 is 2.42 bits per heavy atom. The zero-order valence-corrected chi connectivity index (χ0v) is 13.4. The van der Waals surface area contributed by atoms with Gasteiger partial charge in [0.2, 0.25) is 0 Å². The number of amides is 1. The quantitative estimate of drug-likeness (QED) is 0.688. The molecule has 0 fully saturated rings. The van der Waals surface area contributed by atoms with Crippen molar-refractivity contribution in [3.8, 4) is 22.7 Å². The van der Waals surface area contributed by atoms with E-state index in [1.807, 2.05) is 37.3 Å². The van der Waals surface area contributed by atoms with Crippen molar-refractivity contribution < 1.29 is 9.90 Å². The predicted molar refractivity (Wildman–Crippen MR) is 93.1 cm³/mol. The second-order valence-corrected chi connectivity index (χ2v) is 5.63. The molecule has 0 spiro atoms. The normalized spacial score (nSPS) is 10.8. The maximum absolute atomic E-state index is 11.9. The molecule has 0 unspecified atom stereocenters. The van der Waals surface area contributed by atoms with Crippen LogP contribution in [0, 0.1) is 13.8 Å². The Hall–Kier alpha value is -3.28. The van der Waals surface area contributed by atoms with Gasteiger partial charge in [-0.15, -0.1) is 0 Å². The highest BCUT2D eigenvalue weighted by Crippen LogP contribution is 2.33. The molecule has 0 saturated carbocycles. The summed E-state index contributed by atoms with van der Waals surface area (Å²) in [5.41, 5.74) is 15.2. The molecule has 5 N–H and O–H groups in total. The van der Waals surface area contributed by atoms with Gasteiger partial charge in [-0.2, -0.15) is 5.10 Å². The van der Waals surface area contributed by atoms with Gasteiger partial charge in [-0.05, 0) is 25.5 Å². The first kappa shape index (κ1) is 15.6. The van der Waals surface area contributed by atoms with Gasteiger partial charge >= 0.3 is 0 Å². The smallest absolute Gasteiger partial charge is 0.254 e. The van der Waals surface area contributed by atoms with Gasteiger partial charge in [-0.1, -0.05) is 36.4 Å². The number of rotatable bonds is 3. The molecule has 3 aromatic rings. The molecule has 0 aliphatic rings. The summed E-state index contributed by atoms with van der Waals surface area (Å²) in [5, 5.41) is 14.5. The van der Waals surface area contributed by atoms with Gasteiger partial charge in [0.05, 0.1) is 5.69 Å². The lowest BCUT2D eigenvalue weighted by Crippen LogP contribution is -2.14. The molecule has 122 valence electrons. The minimum Gasteiger partial charge on any atom is -0.508 e. The van der Waals surface area contributed by atoms with Crippen LogP contribution in [0.15, 0.2) is 42.5 Å². The van der Waals surface area contributed by atoms with Crippen LogP contribution in [-0.4, -0.2) is 20.8 Å². The molecule has 1 amide bonds. The van der Waals surface area contributed by atoms with Gasteiger partial charge in [0.25, 0.3) is 5.91 Å². The first-order valence-corrected chi connectivity index (χ1v) is 7.45. The summed E-state index contributed by atoms with van der Waals surface area (Å²) < 4.78 is 1.47. The number of anilines is 1. The number of aromatic hydroxyl groups is 1. The van der Waals surface area contributed by atoms with Gasteiger partial charge < -0.3 is 16.6 Å². The number of nitrogen functional groups attached to an aromatic ring is 1. The van der Waals surface area contributed by atoms with Gasteiger partial charge in [0.15, 0.2) is 0 Å². The molecule has 1 aromatic heterocycles. The molecule has 0 aliphatic carbocycles. The van der Waals surface area contributed by atoms with E-state index in [2.05, 4.69) is 5.10 Å². The molecular weight excluding hydrogens is 304 g/mol. The summed E-state index contributed by atoms with van der Waals surface area (Å²) >= 11 is 0. The fourth-order valence-electron chi connectivity index (χ4n) is 2.79. The summed E-state index contributed by atoms with van der Waals surface area (Å²) in [6, 6.07) is 12.6. The van der Waals surface area contributed by atoms with Crippen LogP contribution in [-0.2, 0) is 0 Å². The molecule has 0 saturated heterocycles. The number of primary amides is 1. The number of hydrogen-bond donors (Lipinski definition) is 3. The van der Waals surface area contributed by atoms with Crippen molar-refractivity contribution in [2.24, 2.45) is 5.73 Å². The number of nitrogens with two attached hydrogens (primary N) is 2. The molecule has 6 heteroatoms. The van der Waals surface area contributed by atoms with E-state index < -0.39 is 5.91 Å². The van der Waals surface area contributed by atoms with Crippen LogP contribution in [0.4, 0.5) is 5.82 Å². The van der Waals surface area contributed by atoms with E-state index in [1.165, 1.54) is 4.68 Å². The molecule has 6 nitrogen and oxygen atoms in total. The van der Waals surface area contributed by atoms with Crippen LogP contribution >= 0.6 is 0 Å². The molecule has 0 radical (unpaired) electrons. The van der Waals surface area contributed by atoms with Gasteiger partial charge in [-0.25, -0.2) is 4.68 Å². The maximum Gasteiger partial charge on any atom is 0.254 e. The van der Waals surface area contributed by atoms with E-state index in [1.54, 1.807) is 19.1 Å². The molecule has 3 rings (SSSR count). The highest BCUT2D eigenvalue weighted by molar-refractivity contribution is 6.03. The lowest BCUT2D eigenvalue weighted by Gasteiger charge is -2.12. The van der Waals surface area contributed by atoms with E-state index in [4.69, 9.17) is 11.5 Å². The molecule has 24 heavy (non-hydrogen) atoms. The van der Waals surface area contributed by atoms with Gasteiger partial charge in [-0.3, -0.25) is 4.79 Å². The first-order valence-electron chi connectivity index (χ1n) is 7.45. The minimum atomic E-state index is -0.645. The molecule has 1 heterocycles. The first-order chi connectivity index (χ1) is 11.4. The highest BCUT2D eigenvalue weighted by atomic mass is 16.3. The Balaban J connectivity index is 2.33. The summed E-state index contributed by atoms with van der Waals surface area (Å²) in [5.74, 6) is -0.362. The Morgan fingerprint density at radius 2 is 1.79 bits per heavy atom. The lowest BCUT2D eigenvalue weighted by atomic mass is 10.1. The van der Waals surface area contributed by atoms with Crippen LogP contribution in [0.2, 0.25) is 0 Å². The largest absolute Gasteiger partial charge is 0.508 e. The Labute approximate surface area is 139 Å². The number of benzene rings is 2. The van der Waals surface area contributed by atoms with Crippen LogP contribution in [0.5, 0.6) is 5.75 Å². The Morgan fingerprint density at radius 1 is 1.12 bits per heavy atom. The van der Waals surface area contributed by atoms with Crippen LogP contribution in [0.25, 0.3) is 16.9 Å². The SMILES string of the molecule is Cc1ccc(O)c(C)c1-n1nc(-c2ccccc2)c(C(N)=O)c1N. The van der Waals surface area contributed by atoms with Gasteiger partial charge in [0.1, 0.15) is 22.8 Å². The van der Waals surface area contributed by atoms with Crippen LogP contribution in [0.1, 0.15) is 21.5 Å². The molecule has 0 bridgehead atoms. The van der Waals surface area contributed by atoms with Crippen molar-refractivity contribution in [2.75, 3.05) is 5.73 Å². The average molecular weight is 322 g/mol. The fraction of sp³-hybridized carbons (Fsp3) is 0.111. The van der Waals surface area contributed by atoms with Crippen molar-refractivity contribution in [1.29, 1.82) is 0 Å². The monoisotopic (exact) mass is 322 g/mol. The fourth-order valence-corrected chi connectivity index (χ4v) is 2.79. The van der Waals surface area contributed by atoms with Crippen molar-refractivity contribution in [2.45, 2.75) is 13.8 Å². The zero-order valence-electron chi connectivity index (χ0n) is 13.4. The third kappa shape index (κ3) is 2.38. The summed E-state index contributed by atoms with van der Waals surface area (Å²) in [4.78, 5) is 11.9. The second kappa shape index (κ2) is 5.73. The number of aryl methyl sites for hydroxylation is 1. The summed E-state index contributed by atoms with van der Waals surface area (Å²) in [6.45, 7) is 3.65. The topological polar surface area (TPSA) is 107 Å². The van der Waals surface area contributed by atoms with Crippen LogP contribution in [0.3, 0.4) is 0 Å². The van der Waals surface area contributed by atoms with Crippen LogP contribution < -0.4 is 11.5 Å². The molecular formula is C18H18N4O2. The number of carbonyl (C=O) groups excluding carboxylic acids is 1. The Bertz CT molecular complexity index is 930. The van der Waals surface area contributed by atoms with Gasteiger partial charge in [0, 0.05) is 11.1 Å². The Kier molecular flexibility index (Phi) is 3.73. The number of phenolic OH excluding ortho intramolecular Hbond substituents is 1. The van der Waals surface area contributed by atoms with E-state index in [-0.39, 0.29) is 17.1 Å². The third-order valence-corrected chi connectivity index (χ3v) is 4.03. The molecule has 0 aliphatic heterocycles. The molecule has 2 aromatic carbocycles. The maximum atomic E-state index is 11.9. The average Bonchev–Trinajstić information content (AvgIpc) is 2.90. The number of carbonyl (C=O) groups is 1. The lowest BCUT2D eigenvalue weighted by molar-refractivity contribution is 0.100. The third-order valence-electron chi connectivity index (χ3n) is 4.03. The van der Waals surface area contributed by atoms with Crippen molar-refractivity contribution in [3.63, 3.8) is 0 Å². The minimum absolute atomic E-state index is 0.132. The summed E-state index contributed by atoms with van der Waals surface area (Å²) in [7, 11) is 0. The number of aromatic nitrogens is 2. The number of nitrogens with zero attached hydrogens (tertiary/aromatic N) is 2. The van der Waals surface area contributed by atoms with Crippen molar-refractivity contribution in [3.05, 3.63) is 59.2 Å². The second-order valence-electron chi connectivity index (χ2n) is 5.63. The highest BCUT2D eigenvalue weighted by Gasteiger charge is 2.24. The standard InChI is InChI=1S/C18H18N4O2/c1-10-8-9-13(23)11(2)16(10)22-17(19)14(18(20)24)15(21-22)12-6-4-3-5-7-12/h3-9,23H,19H2,1-2H3,(H2,20,24). The zero-order chi connectivity index (χ0) is 17.4. The number of hydrogen-bond acceptors (Lipinski definition) is 4. The van der Waals surface area contributed by atoms with E-state index in [0.29, 0.717) is 16.9 Å². The van der Waals surface area contributed by atoms with E-state index in [9.17, 15) is 9.90 Å². The number of phenols is 1. The van der Waals surface area contributed by atoms with E-state index >= 15 is 0 Å². The predicted octanol–water partition coefficient (Wildman–Crippen LogP) is 2.54. The van der Waals surface area contributed by atoms with E-state index in [0.717, 1.165) is 11.1 Å². The molecule has 0 atom stereocenters. The van der Waals surface area contributed by atoms with Crippen molar-refractivity contribution >= 4 is 11.7 Å². The summed E-state index contributed by atoms with van der Waals surface area (Å²) in [6.07, 6.45) is 0. The van der Waals surface area contributed by atoms with Crippen molar-refractivity contribution in [1.82, 2.24) is 9.78 Å².